The van der Waals surface area contributed by atoms with Crippen molar-refractivity contribution in [3.8, 4) is 5.75 Å². The van der Waals surface area contributed by atoms with Crippen molar-refractivity contribution in [2.75, 3.05) is 10.8 Å². The molecule has 0 spiro atoms. The van der Waals surface area contributed by atoms with Crippen LogP contribution in [0.3, 0.4) is 0 Å². The number of carbonyl (C=O) groups excluding carboxylic acids is 1. The van der Waals surface area contributed by atoms with Crippen LogP contribution in [0.5, 0.6) is 5.75 Å². The molecule has 0 heterocycles. The molecule has 0 saturated heterocycles. The van der Waals surface area contributed by atoms with Crippen molar-refractivity contribution >= 4 is 38.6 Å². The number of rotatable bonds is 7. The van der Waals surface area contributed by atoms with Crippen LogP contribution in [0.2, 0.25) is 0 Å². The molecule has 0 aliphatic carbocycles. The predicted octanol–water partition coefficient (Wildman–Crippen LogP) is 4.82. The first-order valence-electron chi connectivity index (χ1n) is 11.4. The zero-order chi connectivity index (χ0) is 25.9. The van der Waals surface area contributed by atoms with Gasteiger partial charge in [-0.25, -0.2) is 13.8 Å². The number of aryl methyl sites for hydroxylation is 3. The Balaban J connectivity index is 1.63. The number of carbonyl (C=O) groups is 1. The molecule has 0 aromatic heterocycles. The quantitative estimate of drug-likeness (QED) is 0.280. The number of hydrogen-bond acceptors (Lipinski definition) is 5. The molecule has 36 heavy (non-hydrogen) atoms. The molecule has 0 bridgehead atoms. The Labute approximate surface area is 210 Å². The van der Waals surface area contributed by atoms with Crippen molar-refractivity contribution in [1.82, 2.24) is 5.43 Å². The lowest BCUT2D eigenvalue weighted by Gasteiger charge is -2.25. The van der Waals surface area contributed by atoms with Gasteiger partial charge >= 0.3 is 0 Å². The summed E-state index contributed by atoms with van der Waals surface area (Å²) in [6.45, 7) is 5.06. The van der Waals surface area contributed by atoms with E-state index in [1.807, 2.05) is 50.2 Å². The molecule has 0 radical (unpaired) electrons. The molecule has 0 saturated carbocycles. The second-order valence-electron chi connectivity index (χ2n) is 8.63. The average molecular weight is 502 g/mol. The largest absolute Gasteiger partial charge is 0.507 e. The van der Waals surface area contributed by atoms with Gasteiger partial charge in [-0.1, -0.05) is 60.2 Å². The number of nitrogens with zero attached hydrogens (tertiary/aromatic N) is 2. The second-order valence-corrected chi connectivity index (χ2v) is 10.5. The highest BCUT2D eigenvalue weighted by molar-refractivity contribution is 7.92. The molecule has 0 fully saturated rings. The van der Waals surface area contributed by atoms with E-state index in [9.17, 15) is 18.3 Å². The molecule has 0 aliphatic heterocycles. The number of phenolic OH excluding ortho intramolecular Hbond substituents is 1. The van der Waals surface area contributed by atoms with Crippen molar-refractivity contribution in [2.45, 2.75) is 25.7 Å². The molecule has 184 valence electrons. The molecule has 4 rings (SSSR count). The Morgan fingerprint density at radius 1 is 0.944 bits per heavy atom. The van der Waals surface area contributed by atoms with Crippen LogP contribution in [0.15, 0.2) is 88.9 Å². The Kier molecular flexibility index (Phi) is 7.07. The van der Waals surface area contributed by atoms with Gasteiger partial charge in [-0.2, -0.15) is 5.10 Å². The zero-order valence-electron chi connectivity index (χ0n) is 20.3. The van der Waals surface area contributed by atoms with Gasteiger partial charge in [0.2, 0.25) is 0 Å². The minimum Gasteiger partial charge on any atom is -0.507 e. The SMILES string of the molecule is Cc1ccc(S(=O)(=O)N(CC(=O)N/N=C\c2c(O)ccc3ccccc23)c2cc(C)ccc2C)cc1. The minimum absolute atomic E-state index is 0.0191. The van der Waals surface area contributed by atoms with Crippen molar-refractivity contribution in [3.05, 3.63) is 101 Å². The van der Waals surface area contributed by atoms with Crippen LogP contribution in [-0.2, 0) is 14.8 Å². The minimum atomic E-state index is -4.04. The van der Waals surface area contributed by atoms with E-state index in [4.69, 9.17) is 0 Å². The van der Waals surface area contributed by atoms with Crippen molar-refractivity contribution in [2.24, 2.45) is 5.10 Å². The summed E-state index contributed by atoms with van der Waals surface area (Å²) < 4.78 is 28.3. The molecule has 4 aromatic rings. The summed E-state index contributed by atoms with van der Waals surface area (Å²) in [6.07, 6.45) is 1.35. The standard InChI is InChI=1S/C28H27N3O4S/c1-19-9-13-23(14-10-19)36(34,35)31(26-16-20(2)8-11-21(26)3)18-28(33)30-29-17-25-24-7-5-4-6-22(24)12-15-27(25)32/h4-17,32H,18H2,1-3H3,(H,30,33)/b29-17-. The number of fused-ring (bicyclic) bond motifs is 1. The van der Waals surface area contributed by atoms with Crippen molar-refractivity contribution < 1.29 is 18.3 Å². The number of aromatic hydroxyl groups is 1. The van der Waals surface area contributed by atoms with E-state index < -0.39 is 22.5 Å². The number of nitrogens with one attached hydrogen (secondary N) is 1. The molecule has 4 aromatic carbocycles. The summed E-state index contributed by atoms with van der Waals surface area (Å²) in [5.74, 6) is -0.603. The normalized spacial score (nSPS) is 11.6. The number of phenols is 1. The number of hydrogen-bond donors (Lipinski definition) is 2. The number of hydrazone groups is 1. The van der Waals surface area contributed by atoms with Crippen LogP contribution in [0, 0.1) is 20.8 Å². The van der Waals surface area contributed by atoms with Crippen LogP contribution in [0.1, 0.15) is 22.3 Å². The fraction of sp³-hybridized carbons (Fsp3) is 0.143. The van der Waals surface area contributed by atoms with Gasteiger partial charge in [-0.15, -0.1) is 0 Å². The van der Waals surface area contributed by atoms with Crippen LogP contribution < -0.4 is 9.73 Å². The van der Waals surface area contributed by atoms with Crippen LogP contribution in [-0.4, -0.2) is 32.2 Å². The molecular weight excluding hydrogens is 474 g/mol. The predicted molar refractivity (Wildman–Crippen MR) is 143 cm³/mol. The number of sulfonamides is 1. The highest BCUT2D eigenvalue weighted by Gasteiger charge is 2.28. The molecule has 0 unspecified atom stereocenters. The molecule has 0 aliphatic rings. The Morgan fingerprint density at radius 2 is 1.64 bits per heavy atom. The third-order valence-corrected chi connectivity index (χ3v) is 7.63. The van der Waals surface area contributed by atoms with Gasteiger partial charge in [0.15, 0.2) is 0 Å². The highest BCUT2D eigenvalue weighted by Crippen LogP contribution is 2.28. The third-order valence-electron chi connectivity index (χ3n) is 5.86. The van der Waals surface area contributed by atoms with E-state index in [1.165, 1.54) is 18.3 Å². The lowest BCUT2D eigenvalue weighted by atomic mass is 10.0. The van der Waals surface area contributed by atoms with Gasteiger partial charge in [0.1, 0.15) is 12.3 Å². The first kappa shape index (κ1) is 24.9. The maximum atomic E-state index is 13.6. The van der Waals surface area contributed by atoms with Crippen LogP contribution >= 0.6 is 0 Å². The van der Waals surface area contributed by atoms with Gasteiger partial charge in [-0.3, -0.25) is 9.10 Å². The molecule has 2 N–H and O–H groups in total. The maximum absolute atomic E-state index is 13.6. The average Bonchev–Trinajstić information content (AvgIpc) is 2.85. The van der Waals surface area contributed by atoms with E-state index in [-0.39, 0.29) is 10.6 Å². The first-order chi connectivity index (χ1) is 17.2. The van der Waals surface area contributed by atoms with E-state index in [0.29, 0.717) is 16.8 Å². The number of amides is 1. The second kappa shape index (κ2) is 10.2. The Hall–Kier alpha value is -4.17. The fourth-order valence-corrected chi connectivity index (χ4v) is 5.36. The van der Waals surface area contributed by atoms with E-state index in [2.05, 4.69) is 10.5 Å². The molecule has 7 nitrogen and oxygen atoms in total. The van der Waals surface area contributed by atoms with Crippen molar-refractivity contribution in [1.29, 1.82) is 0 Å². The molecule has 1 amide bonds. The number of benzene rings is 4. The van der Waals surface area contributed by atoms with Gasteiger partial charge in [-0.05, 0) is 66.9 Å². The van der Waals surface area contributed by atoms with Crippen LogP contribution in [0.25, 0.3) is 10.8 Å². The summed E-state index contributed by atoms with van der Waals surface area (Å²) in [6, 6.07) is 22.8. The Morgan fingerprint density at radius 3 is 2.39 bits per heavy atom. The fourth-order valence-electron chi connectivity index (χ4n) is 3.88. The molecule has 0 atom stereocenters. The van der Waals surface area contributed by atoms with E-state index in [0.717, 1.165) is 26.2 Å². The third kappa shape index (κ3) is 5.23. The summed E-state index contributed by atoms with van der Waals surface area (Å²) >= 11 is 0. The monoisotopic (exact) mass is 501 g/mol. The topological polar surface area (TPSA) is 99.1 Å². The van der Waals surface area contributed by atoms with Gasteiger partial charge in [0.25, 0.3) is 15.9 Å². The Bertz CT molecular complexity index is 1560. The smallest absolute Gasteiger partial charge is 0.264 e. The van der Waals surface area contributed by atoms with Gasteiger partial charge in [0, 0.05) is 5.56 Å². The van der Waals surface area contributed by atoms with E-state index >= 15 is 0 Å². The first-order valence-corrected chi connectivity index (χ1v) is 12.8. The van der Waals surface area contributed by atoms with Gasteiger partial charge in [0.05, 0.1) is 16.8 Å². The summed E-state index contributed by atoms with van der Waals surface area (Å²) in [5.41, 5.74) is 5.78. The highest BCUT2D eigenvalue weighted by atomic mass is 32.2. The van der Waals surface area contributed by atoms with E-state index in [1.54, 1.807) is 37.3 Å². The summed E-state index contributed by atoms with van der Waals surface area (Å²) in [7, 11) is -4.04. The lowest BCUT2D eigenvalue weighted by molar-refractivity contribution is -0.119. The number of anilines is 1. The van der Waals surface area contributed by atoms with Crippen molar-refractivity contribution in [3.63, 3.8) is 0 Å². The zero-order valence-corrected chi connectivity index (χ0v) is 21.1. The van der Waals surface area contributed by atoms with Gasteiger partial charge < -0.3 is 5.11 Å². The summed E-state index contributed by atoms with van der Waals surface area (Å²) in [5, 5.41) is 16.0. The maximum Gasteiger partial charge on any atom is 0.264 e. The summed E-state index contributed by atoms with van der Waals surface area (Å²) in [4.78, 5) is 13.0. The molecular formula is C28H27N3O4S. The lowest BCUT2D eigenvalue weighted by Crippen LogP contribution is -2.40. The molecule has 8 heteroatoms. The van der Waals surface area contributed by atoms with Crippen LogP contribution in [0.4, 0.5) is 5.69 Å².